The molecule has 0 amide bonds. The molecule has 7 heteroatoms. The van der Waals surface area contributed by atoms with Gasteiger partial charge in [-0.25, -0.2) is 4.99 Å². The lowest BCUT2D eigenvalue weighted by Crippen LogP contribution is -2.06. The van der Waals surface area contributed by atoms with Crippen LogP contribution in [-0.2, 0) is 17.8 Å². The molecule has 0 fully saturated rings. The zero-order valence-corrected chi connectivity index (χ0v) is 16.3. The Morgan fingerprint density at radius 3 is 2.58 bits per heavy atom. The molecule has 0 radical (unpaired) electrons. The number of carbonyl (C=O) groups excluding carboxylic acids is 1. The smallest absolute Gasteiger partial charge is 0.176 e. The second-order valence-corrected chi connectivity index (χ2v) is 7.28. The molecule has 136 valence electrons. The highest BCUT2D eigenvalue weighted by Gasteiger charge is 2.09. The van der Waals surface area contributed by atoms with E-state index >= 15 is 0 Å². The highest BCUT2D eigenvalue weighted by atomic mass is 32.2. The summed E-state index contributed by atoms with van der Waals surface area (Å²) in [4.78, 5) is 20.9. The topological polar surface area (TPSA) is 53.8 Å². The second kappa shape index (κ2) is 10.0. The van der Waals surface area contributed by atoms with E-state index in [4.69, 9.17) is 0 Å². The van der Waals surface area contributed by atoms with E-state index in [0.717, 1.165) is 44.4 Å². The molecule has 0 spiro atoms. The first-order valence-corrected chi connectivity index (χ1v) is 9.91. The third kappa shape index (κ3) is 5.64. The lowest BCUT2D eigenvalue weighted by molar-refractivity contribution is -0.107. The summed E-state index contributed by atoms with van der Waals surface area (Å²) in [5.74, 6) is 0.610. The van der Waals surface area contributed by atoms with Gasteiger partial charge in [0.15, 0.2) is 5.13 Å². The van der Waals surface area contributed by atoms with Gasteiger partial charge in [-0.2, -0.15) is 4.39 Å². The Bertz CT molecular complexity index is 826. The molecule has 0 aliphatic heterocycles. The third-order valence-electron chi connectivity index (χ3n) is 3.54. The lowest BCUT2D eigenvalue weighted by Gasteiger charge is -2.12. The van der Waals surface area contributed by atoms with Crippen LogP contribution in [0.25, 0.3) is 0 Å². The van der Waals surface area contributed by atoms with Gasteiger partial charge < -0.3 is 10.1 Å². The molecule has 1 aromatic carbocycles. The van der Waals surface area contributed by atoms with Crippen molar-refractivity contribution >= 4 is 47.5 Å². The first-order valence-electron chi connectivity index (χ1n) is 7.87. The molecule has 0 aliphatic rings. The zero-order chi connectivity index (χ0) is 18.9. The van der Waals surface area contributed by atoms with Gasteiger partial charge in [-0.15, -0.1) is 23.1 Å². The zero-order valence-electron chi connectivity index (χ0n) is 14.7. The fraction of sp³-hybridized carbons (Fsp3) is 0.211. The second-order valence-electron chi connectivity index (χ2n) is 5.34. The van der Waals surface area contributed by atoms with Gasteiger partial charge in [0.05, 0.1) is 11.4 Å². The molecule has 0 aliphatic carbocycles. The Balaban J connectivity index is 2.18. The maximum Gasteiger partial charge on any atom is 0.176 e. The first-order chi connectivity index (χ1) is 12.6. The fourth-order valence-corrected chi connectivity index (χ4v) is 3.57. The number of benzene rings is 1. The van der Waals surface area contributed by atoms with Crippen LogP contribution in [0.3, 0.4) is 0 Å². The van der Waals surface area contributed by atoms with E-state index in [0.29, 0.717) is 18.8 Å². The first kappa shape index (κ1) is 20.1. The van der Waals surface area contributed by atoms with Gasteiger partial charge in [0, 0.05) is 22.7 Å². The summed E-state index contributed by atoms with van der Waals surface area (Å²) in [7, 11) is 0. The molecule has 1 heterocycles. The average molecular weight is 390 g/mol. The molecule has 0 atom stereocenters. The van der Waals surface area contributed by atoms with Gasteiger partial charge in [-0.3, -0.25) is 4.99 Å². The monoisotopic (exact) mass is 389 g/mol. The predicted molar refractivity (Wildman–Crippen MR) is 111 cm³/mol. The molecule has 0 unspecified atom stereocenters. The number of aldehydes is 1. The standard InChI is InChI=1S/C19H20FN3OS2/c1-13(22-12-16-8-9-17(20)26-16)18(25-3)19(21-2)23-15-6-4-14(5-7-15)10-11-24/h4-9,11,23H,2,10,12H2,1,3H3/b19-18-,22-13?. The van der Waals surface area contributed by atoms with Crippen LogP contribution in [0.5, 0.6) is 0 Å². The fourth-order valence-electron chi connectivity index (χ4n) is 2.25. The Kier molecular flexibility index (Phi) is 7.74. The van der Waals surface area contributed by atoms with Crippen LogP contribution in [0.4, 0.5) is 10.1 Å². The Hall–Kier alpha value is -2.25. The number of halogens is 1. The normalized spacial score (nSPS) is 12.5. The van der Waals surface area contributed by atoms with E-state index in [1.807, 2.05) is 37.4 Å². The third-order valence-corrected chi connectivity index (χ3v) is 5.30. The van der Waals surface area contributed by atoms with Crippen molar-refractivity contribution in [1.82, 2.24) is 0 Å². The van der Waals surface area contributed by atoms with Crippen LogP contribution in [0.2, 0.25) is 0 Å². The minimum Gasteiger partial charge on any atom is -0.339 e. The number of nitrogens with one attached hydrogen (secondary N) is 1. The summed E-state index contributed by atoms with van der Waals surface area (Å²) >= 11 is 2.62. The number of aliphatic imine (C=N–C) groups is 2. The molecule has 1 aromatic heterocycles. The van der Waals surface area contributed by atoms with Crippen molar-refractivity contribution in [2.75, 3.05) is 11.6 Å². The van der Waals surface area contributed by atoms with Gasteiger partial charge >= 0.3 is 0 Å². The number of thiophene rings is 1. The Morgan fingerprint density at radius 1 is 1.31 bits per heavy atom. The van der Waals surface area contributed by atoms with Crippen LogP contribution in [0.1, 0.15) is 17.4 Å². The van der Waals surface area contributed by atoms with Crippen molar-refractivity contribution in [3.8, 4) is 0 Å². The van der Waals surface area contributed by atoms with Crippen molar-refractivity contribution in [1.29, 1.82) is 0 Å². The summed E-state index contributed by atoms with van der Waals surface area (Å²) < 4.78 is 13.1. The molecular formula is C19H20FN3OS2. The van der Waals surface area contributed by atoms with Crippen LogP contribution in [0, 0.1) is 5.13 Å². The van der Waals surface area contributed by atoms with Crippen LogP contribution < -0.4 is 5.32 Å². The summed E-state index contributed by atoms with van der Waals surface area (Å²) in [5, 5.41) is 3.03. The SMILES string of the molecule is C=N/C(Nc1ccc(CC=O)cc1)=C(/SC)C(C)=NCc1ccc(F)s1. The molecule has 1 N–H and O–H groups in total. The van der Waals surface area contributed by atoms with Crippen LogP contribution in [0.15, 0.2) is 57.1 Å². The number of hydrogen-bond donors (Lipinski definition) is 1. The van der Waals surface area contributed by atoms with E-state index in [2.05, 4.69) is 22.0 Å². The van der Waals surface area contributed by atoms with E-state index in [9.17, 15) is 9.18 Å². The quantitative estimate of drug-likeness (QED) is 0.488. The van der Waals surface area contributed by atoms with Gasteiger partial charge in [0.25, 0.3) is 0 Å². The van der Waals surface area contributed by atoms with E-state index in [-0.39, 0.29) is 5.13 Å². The molecular weight excluding hydrogens is 369 g/mol. The number of nitrogens with zero attached hydrogens (tertiary/aromatic N) is 2. The van der Waals surface area contributed by atoms with Crippen molar-refractivity contribution in [3.63, 3.8) is 0 Å². The number of rotatable bonds is 9. The van der Waals surface area contributed by atoms with Crippen molar-refractivity contribution < 1.29 is 9.18 Å². The molecule has 0 saturated heterocycles. The number of allylic oxidation sites excluding steroid dienone is 1. The number of thioether (sulfide) groups is 1. The summed E-state index contributed by atoms with van der Waals surface area (Å²) in [6.07, 6.45) is 3.22. The van der Waals surface area contributed by atoms with E-state index < -0.39 is 0 Å². The summed E-state index contributed by atoms with van der Waals surface area (Å²) in [6.45, 7) is 5.97. The van der Waals surface area contributed by atoms with Gasteiger partial charge in [0.2, 0.25) is 0 Å². The average Bonchev–Trinajstić information content (AvgIpc) is 3.06. The largest absolute Gasteiger partial charge is 0.339 e. The summed E-state index contributed by atoms with van der Waals surface area (Å²) in [6, 6.07) is 10.8. The Labute approximate surface area is 161 Å². The molecule has 2 rings (SSSR count). The molecule has 2 aromatic rings. The molecule has 26 heavy (non-hydrogen) atoms. The minimum atomic E-state index is -0.207. The number of hydrogen-bond acceptors (Lipinski definition) is 6. The van der Waals surface area contributed by atoms with Gasteiger partial charge in [0.1, 0.15) is 12.1 Å². The summed E-state index contributed by atoms with van der Waals surface area (Å²) in [5.41, 5.74) is 2.61. The molecule has 4 nitrogen and oxygen atoms in total. The molecule has 0 bridgehead atoms. The maximum absolute atomic E-state index is 13.1. The lowest BCUT2D eigenvalue weighted by atomic mass is 10.1. The van der Waals surface area contributed by atoms with Crippen molar-refractivity contribution in [3.05, 3.63) is 62.7 Å². The van der Waals surface area contributed by atoms with Gasteiger partial charge in [-0.05, 0) is 49.7 Å². The maximum atomic E-state index is 13.1. The minimum absolute atomic E-state index is 0.207. The Morgan fingerprint density at radius 2 is 2.04 bits per heavy atom. The van der Waals surface area contributed by atoms with Crippen LogP contribution >= 0.6 is 23.1 Å². The number of carbonyl (C=O) groups is 1. The van der Waals surface area contributed by atoms with E-state index in [1.165, 1.54) is 17.8 Å². The number of anilines is 1. The highest BCUT2D eigenvalue weighted by Crippen LogP contribution is 2.23. The van der Waals surface area contributed by atoms with Crippen LogP contribution in [-0.4, -0.2) is 25.0 Å². The predicted octanol–water partition coefficient (Wildman–Crippen LogP) is 4.93. The van der Waals surface area contributed by atoms with E-state index in [1.54, 1.807) is 6.07 Å². The van der Waals surface area contributed by atoms with Crippen molar-refractivity contribution in [2.24, 2.45) is 9.98 Å². The highest BCUT2D eigenvalue weighted by molar-refractivity contribution is 8.03. The van der Waals surface area contributed by atoms with Gasteiger partial charge in [-0.1, -0.05) is 12.1 Å². The van der Waals surface area contributed by atoms with Crippen molar-refractivity contribution in [2.45, 2.75) is 19.9 Å². The molecule has 0 saturated carbocycles.